The zero-order valence-electron chi connectivity index (χ0n) is 5.55. The molecular weight excluding hydrogens is 118 g/mol. The fraction of sp³-hybridized carbons (Fsp3) is 0.500. The third-order valence-corrected chi connectivity index (χ3v) is 0.887. The third-order valence-electron chi connectivity index (χ3n) is 0.887. The van der Waals surface area contributed by atoms with Crippen molar-refractivity contribution in [1.82, 2.24) is 4.98 Å². The Kier molecular flexibility index (Phi) is 1.72. The molecule has 0 aromatic carbocycles. The van der Waals surface area contributed by atoms with Crippen molar-refractivity contribution in [3.63, 3.8) is 0 Å². The van der Waals surface area contributed by atoms with Crippen LogP contribution in [0.1, 0.15) is 12.8 Å². The van der Waals surface area contributed by atoms with Gasteiger partial charge in [-0.2, -0.15) is 0 Å². The van der Waals surface area contributed by atoms with E-state index in [1.807, 2.05) is 6.92 Å². The topological polar surface area (TPSA) is 35.3 Å². The molecule has 0 radical (unpaired) electrons. The van der Waals surface area contributed by atoms with E-state index >= 15 is 0 Å². The van der Waals surface area contributed by atoms with Crippen LogP contribution in [0.15, 0.2) is 10.6 Å². The molecule has 0 aliphatic heterocycles. The molecule has 1 aromatic heterocycles. The van der Waals surface area contributed by atoms with Crippen LogP contribution in [0.4, 0.5) is 0 Å². The van der Waals surface area contributed by atoms with Crippen molar-refractivity contribution >= 4 is 0 Å². The summed E-state index contributed by atoms with van der Waals surface area (Å²) in [4.78, 5) is 3.84. The van der Waals surface area contributed by atoms with Gasteiger partial charge < -0.3 is 9.15 Å². The first kappa shape index (κ1) is 6.13. The number of nitrogens with zero attached hydrogens (tertiary/aromatic N) is 1. The van der Waals surface area contributed by atoms with Crippen molar-refractivity contribution < 1.29 is 9.15 Å². The molecule has 1 heterocycles. The molecule has 0 unspecified atom stereocenters. The standard InChI is InChI=1S/C6H9NO2/c1-3-8-6-4-7-5(2)9-6/h4H,3H2,1-2H3. The number of ether oxygens (including phenoxy) is 1. The van der Waals surface area contributed by atoms with Crippen LogP contribution in [0, 0.1) is 6.92 Å². The highest BCUT2D eigenvalue weighted by Crippen LogP contribution is 2.10. The molecule has 0 saturated heterocycles. The Balaban J connectivity index is 2.61. The first-order valence-corrected chi connectivity index (χ1v) is 2.88. The van der Waals surface area contributed by atoms with E-state index < -0.39 is 0 Å². The molecule has 0 amide bonds. The van der Waals surface area contributed by atoms with Gasteiger partial charge >= 0.3 is 5.95 Å². The lowest BCUT2D eigenvalue weighted by atomic mass is 10.8. The van der Waals surface area contributed by atoms with Gasteiger partial charge in [0.1, 0.15) is 6.20 Å². The minimum Gasteiger partial charge on any atom is -0.464 e. The second-order valence-corrected chi connectivity index (χ2v) is 1.63. The molecule has 0 saturated carbocycles. The highest BCUT2D eigenvalue weighted by molar-refractivity contribution is 4.98. The Hall–Kier alpha value is -0.990. The second-order valence-electron chi connectivity index (χ2n) is 1.63. The van der Waals surface area contributed by atoms with E-state index in [9.17, 15) is 0 Å². The van der Waals surface area contributed by atoms with Crippen LogP contribution in [0.3, 0.4) is 0 Å². The van der Waals surface area contributed by atoms with Crippen molar-refractivity contribution in [2.75, 3.05) is 6.61 Å². The summed E-state index contributed by atoms with van der Waals surface area (Å²) in [5.74, 6) is 1.13. The maximum atomic E-state index is 5.00. The molecule has 0 aliphatic rings. The minimum atomic E-state index is 0.495. The van der Waals surface area contributed by atoms with E-state index in [4.69, 9.17) is 9.15 Å². The van der Waals surface area contributed by atoms with Crippen LogP contribution in [0.2, 0.25) is 0 Å². The van der Waals surface area contributed by atoms with E-state index in [0.717, 1.165) is 0 Å². The van der Waals surface area contributed by atoms with Crippen molar-refractivity contribution in [3.05, 3.63) is 12.1 Å². The van der Waals surface area contributed by atoms with Crippen LogP contribution < -0.4 is 4.74 Å². The zero-order valence-corrected chi connectivity index (χ0v) is 5.55. The zero-order chi connectivity index (χ0) is 6.69. The first-order chi connectivity index (χ1) is 4.33. The lowest BCUT2D eigenvalue weighted by Crippen LogP contribution is -1.87. The summed E-state index contributed by atoms with van der Waals surface area (Å²) in [5, 5.41) is 0. The van der Waals surface area contributed by atoms with Gasteiger partial charge in [0.2, 0.25) is 0 Å². The van der Waals surface area contributed by atoms with Crippen LogP contribution >= 0.6 is 0 Å². The Bertz CT molecular complexity index is 183. The van der Waals surface area contributed by atoms with Crippen LogP contribution in [-0.2, 0) is 0 Å². The molecule has 0 bridgehead atoms. The van der Waals surface area contributed by atoms with E-state index in [-0.39, 0.29) is 0 Å². The van der Waals surface area contributed by atoms with E-state index in [1.165, 1.54) is 0 Å². The molecule has 50 valence electrons. The van der Waals surface area contributed by atoms with Crippen LogP contribution in [0.5, 0.6) is 5.95 Å². The van der Waals surface area contributed by atoms with Gasteiger partial charge in [-0.05, 0) is 6.92 Å². The molecule has 0 fully saturated rings. The van der Waals surface area contributed by atoms with Gasteiger partial charge in [-0.25, -0.2) is 4.98 Å². The predicted octanol–water partition coefficient (Wildman–Crippen LogP) is 1.38. The molecule has 0 N–H and O–H groups in total. The number of hydrogen-bond acceptors (Lipinski definition) is 3. The smallest absolute Gasteiger partial charge is 0.305 e. The van der Waals surface area contributed by atoms with E-state index in [0.29, 0.717) is 18.4 Å². The molecule has 3 nitrogen and oxygen atoms in total. The summed E-state index contributed by atoms with van der Waals surface area (Å²) in [6.07, 6.45) is 1.57. The summed E-state index contributed by atoms with van der Waals surface area (Å²) in [6.45, 7) is 4.30. The Labute approximate surface area is 53.7 Å². The van der Waals surface area contributed by atoms with Gasteiger partial charge in [0.15, 0.2) is 5.89 Å². The SMILES string of the molecule is CCOc1cnc(C)o1. The van der Waals surface area contributed by atoms with Crippen molar-refractivity contribution in [2.45, 2.75) is 13.8 Å². The molecule has 1 rings (SSSR count). The van der Waals surface area contributed by atoms with Crippen molar-refractivity contribution in [3.8, 4) is 5.95 Å². The summed E-state index contributed by atoms with van der Waals surface area (Å²) in [5.41, 5.74) is 0. The average Bonchev–Trinajstić information content (AvgIpc) is 2.17. The maximum absolute atomic E-state index is 5.00. The van der Waals surface area contributed by atoms with Gasteiger partial charge in [0.25, 0.3) is 0 Å². The average molecular weight is 127 g/mol. The number of rotatable bonds is 2. The van der Waals surface area contributed by atoms with Crippen molar-refractivity contribution in [1.29, 1.82) is 0 Å². The lowest BCUT2D eigenvalue weighted by molar-refractivity contribution is 0.252. The van der Waals surface area contributed by atoms with Crippen molar-refractivity contribution in [2.24, 2.45) is 0 Å². The minimum absolute atomic E-state index is 0.495. The highest BCUT2D eigenvalue weighted by atomic mass is 16.6. The molecule has 3 heteroatoms. The molecule has 0 spiro atoms. The number of oxazole rings is 1. The first-order valence-electron chi connectivity index (χ1n) is 2.88. The number of aromatic nitrogens is 1. The Morgan fingerprint density at radius 3 is 3.00 bits per heavy atom. The largest absolute Gasteiger partial charge is 0.464 e. The molecule has 0 atom stereocenters. The molecule has 9 heavy (non-hydrogen) atoms. The van der Waals surface area contributed by atoms with Crippen LogP contribution in [0.25, 0.3) is 0 Å². The number of hydrogen-bond donors (Lipinski definition) is 0. The van der Waals surface area contributed by atoms with Crippen LogP contribution in [-0.4, -0.2) is 11.6 Å². The summed E-state index contributed by atoms with van der Waals surface area (Å²) in [6, 6.07) is 0. The third kappa shape index (κ3) is 1.45. The fourth-order valence-electron chi connectivity index (χ4n) is 0.551. The van der Waals surface area contributed by atoms with Gasteiger partial charge in [-0.3, -0.25) is 0 Å². The predicted molar refractivity (Wildman–Crippen MR) is 32.4 cm³/mol. The van der Waals surface area contributed by atoms with Gasteiger partial charge in [0, 0.05) is 6.92 Å². The van der Waals surface area contributed by atoms with E-state index in [1.54, 1.807) is 13.1 Å². The number of aryl methyl sites for hydroxylation is 1. The summed E-state index contributed by atoms with van der Waals surface area (Å²) < 4.78 is 9.99. The van der Waals surface area contributed by atoms with Gasteiger partial charge in [-0.15, -0.1) is 0 Å². The normalized spacial score (nSPS) is 9.56. The van der Waals surface area contributed by atoms with Gasteiger partial charge in [-0.1, -0.05) is 0 Å². The highest BCUT2D eigenvalue weighted by Gasteiger charge is 1.96. The molecular formula is C6H9NO2. The lowest BCUT2D eigenvalue weighted by Gasteiger charge is -1.92. The van der Waals surface area contributed by atoms with E-state index in [2.05, 4.69) is 4.98 Å². The monoisotopic (exact) mass is 127 g/mol. The second kappa shape index (κ2) is 2.53. The quantitative estimate of drug-likeness (QED) is 0.602. The Morgan fingerprint density at radius 1 is 1.78 bits per heavy atom. The maximum Gasteiger partial charge on any atom is 0.305 e. The fourth-order valence-corrected chi connectivity index (χ4v) is 0.551. The summed E-state index contributed by atoms with van der Waals surface area (Å²) >= 11 is 0. The summed E-state index contributed by atoms with van der Waals surface area (Å²) in [7, 11) is 0. The Morgan fingerprint density at radius 2 is 2.56 bits per heavy atom. The molecule has 0 aliphatic carbocycles. The van der Waals surface area contributed by atoms with Gasteiger partial charge in [0.05, 0.1) is 6.61 Å². The molecule has 1 aromatic rings.